The first-order chi connectivity index (χ1) is 10.2. The van der Waals surface area contributed by atoms with E-state index in [1.165, 1.54) is 0 Å². The minimum absolute atomic E-state index is 0.239. The summed E-state index contributed by atoms with van der Waals surface area (Å²) in [5, 5.41) is 10.5. The Balaban J connectivity index is 1.85. The van der Waals surface area contributed by atoms with E-state index in [0.717, 1.165) is 42.7 Å². The van der Waals surface area contributed by atoms with Gasteiger partial charge in [0.1, 0.15) is 17.1 Å². The second-order valence-electron chi connectivity index (χ2n) is 6.14. The SMILES string of the molecule is CCCC1CC2(CCO1)C[C@H](O)c1ccc(OC)cc1O2. The van der Waals surface area contributed by atoms with Gasteiger partial charge in [-0.25, -0.2) is 0 Å². The second kappa shape index (κ2) is 5.85. The van der Waals surface area contributed by atoms with Crippen molar-refractivity contribution in [2.75, 3.05) is 13.7 Å². The number of ether oxygens (including phenoxy) is 3. The van der Waals surface area contributed by atoms with Crippen LogP contribution < -0.4 is 9.47 Å². The number of aliphatic hydroxyl groups is 1. The van der Waals surface area contributed by atoms with Crippen LogP contribution in [0.2, 0.25) is 0 Å². The Morgan fingerprint density at radius 2 is 2.24 bits per heavy atom. The summed E-state index contributed by atoms with van der Waals surface area (Å²) < 4.78 is 17.4. The van der Waals surface area contributed by atoms with Crippen molar-refractivity contribution >= 4 is 0 Å². The number of hydrogen-bond acceptors (Lipinski definition) is 4. The van der Waals surface area contributed by atoms with Crippen molar-refractivity contribution < 1.29 is 19.3 Å². The van der Waals surface area contributed by atoms with E-state index in [0.29, 0.717) is 13.0 Å². The topological polar surface area (TPSA) is 47.9 Å². The molecule has 1 aromatic carbocycles. The van der Waals surface area contributed by atoms with Crippen molar-refractivity contribution in [3.05, 3.63) is 23.8 Å². The molecule has 1 spiro atoms. The predicted molar refractivity (Wildman–Crippen MR) is 79.8 cm³/mol. The molecule has 3 atom stereocenters. The number of aliphatic hydroxyl groups excluding tert-OH is 1. The summed E-state index contributed by atoms with van der Waals surface area (Å²) in [5.41, 5.74) is 0.566. The van der Waals surface area contributed by atoms with E-state index >= 15 is 0 Å². The van der Waals surface area contributed by atoms with Crippen molar-refractivity contribution in [3.63, 3.8) is 0 Å². The molecule has 3 rings (SSSR count). The van der Waals surface area contributed by atoms with Crippen LogP contribution in [0.4, 0.5) is 0 Å². The second-order valence-corrected chi connectivity index (χ2v) is 6.14. The molecule has 0 amide bonds. The maximum atomic E-state index is 10.5. The molecule has 0 saturated carbocycles. The largest absolute Gasteiger partial charge is 0.497 e. The molecule has 1 fully saturated rings. The minimum Gasteiger partial charge on any atom is -0.497 e. The van der Waals surface area contributed by atoms with E-state index in [4.69, 9.17) is 14.2 Å². The molecule has 1 saturated heterocycles. The molecule has 0 aliphatic carbocycles. The van der Waals surface area contributed by atoms with E-state index in [-0.39, 0.29) is 11.7 Å². The molecule has 1 aromatic rings. The Hall–Kier alpha value is -1.26. The van der Waals surface area contributed by atoms with Crippen LogP contribution in [0, 0.1) is 0 Å². The quantitative estimate of drug-likeness (QED) is 0.929. The van der Waals surface area contributed by atoms with Crippen molar-refractivity contribution in [2.24, 2.45) is 0 Å². The van der Waals surface area contributed by atoms with Crippen molar-refractivity contribution in [3.8, 4) is 11.5 Å². The average molecular weight is 292 g/mol. The first-order valence-corrected chi connectivity index (χ1v) is 7.82. The normalized spacial score (nSPS) is 31.6. The van der Waals surface area contributed by atoms with Gasteiger partial charge in [-0.15, -0.1) is 0 Å². The lowest BCUT2D eigenvalue weighted by atomic mass is 9.80. The third kappa shape index (κ3) is 2.87. The maximum absolute atomic E-state index is 10.5. The highest BCUT2D eigenvalue weighted by Gasteiger charge is 2.44. The molecule has 116 valence electrons. The standard InChI is InChI=1S/C17H24O4/c1-3-4-13-10-17(7-8-20-13)11-15(18)14-6-5-12(19-2)9-16(14)21-17/h5-6,9,13,15,18H,3-4,7-8,10-11H2,1-2H3/t13?,15-,17?/m0/s1. The molecule has 0 radical (unpaired) electrons. The number of hydrogen-bond donors (Lipinski definition) is 1. The highest BCUT2D eigenvalue weighted by molar-refractivity contribution is 5.44. The van der Waals surface area contributed by atoms with E-state index in [2.05, 4.69) is 6.92 Å². The number of methoxy groups -OCH3 is 1. The highest BCUT2D eigenvalue weighted by atomic mass is 16.5. The van der Waals surface area contributed by atoms with E-state index < -0.39 is 6.10 Å². The number of rotatable bonds is 3. The van der Waals surface area contributed by atoms with Gasteiger partial charge in [0.2, 0.25) is 0 Å². The van der Waals surface area contributed by atoms with Gasteiger partial charge >= 0.3 is 0 Å². The lowest BCUT2D eigenvalue weighted by Crippen LogP contribution is -2.48. The summed E-state index contributed by atoms with van der Waals surface area (Å²) in [4.78, 5) is 0. The Morgan fingerprint density at radius 1 is 1.38 bits per heavy atom. The van der Waals surface area contributed by atoms with Gasteiger partial charge in [0.25, 0.3) is 0 Å². The molecule has 0 bridgehead atoms. The molecule has 21 heavy (non-hydrogen) atoms. The fourth-order valence-corrected chi connectivity index (χ4v) is 3.52. The van der Waals surface area contributed by atoms with E-state index in [1.807, 2.05) is 18.2 Å². The van der Waals surface area contributed by atoms with Crippen LogP contribution in [0.5, 0.6) is 11.5 Å². The van der Waals surface area contributed by atoms with Gasteiger partial charge in [0.15, 0.2) is 0 Å². The zero-order chi connectivity index (χ0) is 14.9. The lowest BCUT2D eigenvalue weighted by molar-refractivity contribution is -0.118. The smallest absolute Gasteiger partial charge is 0.129 e. The monoisotopic (exact) mass is 292 g/mol. The summed E-state index contributed by atoms with van der Waals surface area (Å²) >= 11 is 0. The molecule has 4 nitrogen and oxygen atoms in total. The first-order valence-electron chi connectivity index (χ1n) is 7.82. The van der Waals surface area contributed by atoms with Crippen LogP contribution in [-0.2, 0) is 4.74 Å². The summed E-state index contributed by atoms with van der Waals surface area (Å²) in [6.45, 7) is 2.87. The molecular formula is C17H24O4. The molecular weight excluding hydrogens is 268 g/mol. The van der Waals surface area contributed by atoms with Crippen molar-refractivity contribution in [1.82, 2.24) is 0 Å². The third-order valence-electron chi connectivity index (χ3n) is 4.59. The highest BCUT2D eigenvalue weighted by Crippen LogP contribution is 2.46. The van der Waals surface area contributed by atoms with Gasteiger partial charge in [-0.2, -0.15) is 0 Å². The molecule has 2 unspecified atom stereocenters. The molecule has 0 aromatic heterocycles. The van der Waals surface area contributed by atoms with Crippen LogP contribution in [0.1, 0.15) is 50.7 Å². The van der Waals surface area contributed by atoms with E-state index in [9.17, 15) is 5.11 Å². The molecule has 1 N–H and O–H groups in total. The maximum Gasteiger partial charge on any atom is 0.129 e. The van der Waals surface area contributed by atoms with Crippen LogP contribution in [0.25, 0.3) is 0 Å². The van der Waals surface area contributed by atoms with Crippen molar-refractivity contribution in [2.45, 2.75) is 56.8 Å². The van der Waals surface area contributed by atoms with Crippen LogP contribution >= 0.6 is 0 Å². The minimum atomic E-state index is -0.472. The zero-order valence-electron chi connectivity index (χ0n) is 12.8. The Labute approximate surface area is 126 Å². The Morgan fingerprint density at radius 3 is 3.00 bits per heavy atom. The van der Waals surface area contributed by atoms with Gasteiger partial charge in [-0.3, -0.25) is 0 Å². The Bertz CT molecular complexity index is 500. The van der Waals surface area contributed by atoms with Crippen LogP contribution in [0.15, 0.2) is 18.2 Å². The van der Waals surface area contributed by atoms with Gasteiger partial charge in [0, 0.05) is 30.9 Å². The predicted octanol–water partition coefficient (Wildman–Crippen LogP) is 3.23. The summed E-state index contributed by atoms with van der Waals surface area (Å²) in [6.07, 6.45) is 4.26. The van der Waals surface area contributed by atoms with Gasteiger partial charge in [0.05, 0.1) is 25.9 Å². The van der Waals surface area contributed by atoms with Crippen LogP contribution in [0.3, 0.4) is 0 Å². The first kappa shape index (κ1) is 14.7. The van der Waals surface area contributed by atoms with Gasteiger partial charge in [-0.1, -0.05) is 13.3 Å². The fraction of sp³-hybridized carbons (Fsp3) is 0.647. The third-order valence-corrected chi connectivity index (χ3v) is 4.59. The summed E-state index contributed by atoms with van der Waals surface area (Å²) in [7, 11) is 1.64. The van der Waals surface area contributed by atoms with Gasteiger partial charge < -0.3 is 19.3 Å². The molecule has 4 heteroatoms. The molecule has 2 aliphatic heterocycles. The summed E-state index contributed by atoms with van der Waals surface area (Å²) in [6, 6.07) is 5.64. The van der Waals surface area contributed by atoms with Crippen molar-refractivity contribution in [1.29, 1.82) is 0 Å². The van der Waals surface area contributed by atoms with E-state index in [1.54, 1.807) is 7.11 Å². The average Bonchev–Trinajstić information content (AvgIpc) is 2.47. The molecule has 2 aliphatic rings. The number of fused-ring (bicyclic) bond motifs is 1. The lowest BCUT2D eigenvalue weighted by Gasteiger charge is -2.45. The van der Waals surface area contributed by atoms with Crippen LogP contribution in [-0.4, -0.2) is 30.5 Å². The van der Waals surface area contributed by atoms with Gasteiger partial charge in [-0.05, 0) is 18.6 Å². The number of benzene rings is 1. The Kier molecular flexibility index (Phi) is 4.09. The summed E-state index contributed by atoms with van der Waals surface area (Å²) in [5.74, 6) is 1.51. The zero-order valence-corrected chi connectivity index (χ0v) is 12.8. The fourth-order valence-electron chi connectivity index (χ4n) is 3.52. The molecule has 2 heterocycles.